The smallest absolute Gasteiger partial charge is 0.153 e. The molecule has 136 valence electrons. The lowest BCUT2D eigenvalue weighted by Crippen LogP contribution is -2.26. The van der Waals surface area contributed by atoms with E-state index in [-0.39, 0.29) is 17.4 Å². The quantitative estimate of drug-likeness (QED) is 0.815. The number of sulfone groups is 1. The molecule has 0 bridgehead atoms. The van der Waals surface area contributed by atoms with Crippen LogP contribution >= 0.6 is 0 Å². The maximum absolute atomic E-state index is 12.1. The molecule has 3 rings (SSSR count). The van der Waals surface area contributed by atoms with E-state index in [1.165, 1.54) is 5.56 Å². The highest BCUT2D eigenvalue weighted by Gasteiger charge is 2.30. The van der Waals surface area contributed by atoms with Crippen molar-refractivity contribution in [2.45, 2.75) is 39.0 Å². The number of aromatic nitrogens is 3. The number of hydrogen-bond donors (Lipinski definition) is 0. The second kappa shape index (κ2) is 7.25. The highest BCUT2D eigenvalue weighted by Crippen LogP contribution is 2.30. The topological polar surface area (TPSA) is 74.1 Å². The summed E-state index contributed by atoms with van der Waals surface area (Å²) < 4.78 is 31.2. The van der Waals surface area contributed by atoms with Crippen molar-refractivity contribution in [1.82, 2.24) is 14.8 Å². The van der Waals surface area contributed by atoms with E-state index in [0.29, 0.717) is 25.3 Å². The van der Waals surface area contributed by atoms with Crippen molar-refractivity contribution in [2.75, 3.05) is 25.2 Å². The van der Waals surface area contributed by atoms with Gasteiger partial charge in [-0.1, -0.05) is 12.1 Å². The van der Waals surface area contributed by atoms with Crippen molar-refractivity contribution in [2.24, 2.45) is 0 Å². The third-order valence-electron chi connectivity index (χ3n) is 4.84. The van der Waals surface area contributed by atoms with E-state index >= 15 is 0 Å². The average Bonchev–Trinajstić information content (AvgIpc) is 2.98. The number of nitrogens with zero attached hydrogens (tertiary/aromatic N) is 3. The largest absolute Gasteiger partial charge is 0.384 e. The van der Waals surface area contributed by atoms with Crippen molar-refractivity contribution in [1.29, 1.82) is 0 Å². The molecule has 1 saturated heterocycles. The summed E-state index contributed by atoms with van der Waals surface area (Å²) in [6, 6.07) is 6.07. The molecule has 2 heterocycles. The van der Waals surface area contributed by atoms with Crippen LogP contribution in [-0.4, -0.2) is 48.4 Å². The van der Waals surface area contributed by atoms with Crippen LogP contribution in [0.1, 0.15) is 41.5 Å². The molecule has 1 fully saturated rings. The Labute approximate surface area is 149 Å². The molecule has 1 aromatic carbocycles. The van der Waals surface area contributed by atoms with Crippen molar-refractivity contribution >= 4 is 9.84 Å². The first kappa shape index (κ1) is 18.1. The predicted octanol–water partition coefficient (Wildman–Crippen LogP) is 2.37. The van der Waals surface area contributed by atoms with Gasteiger partial charge in [0.05, 0.1) is 23.8 Å². The minimum absolute atomic E-state index is 0.109. The molecule has 1 aliphatic heterocycles. The zero-order valence-electron chi connectivity index (χ0n) is 15.0. The van der Waals surface area contributed by atoms with Gasteiger partial charge < -0.3 is 4.74 Å². The number of methoxy groups -OCH3 is 1. The van der Waals surface area contributed by atoms with Gasteiger partial charge in [-0.3, -0.25) is 0 Å². The van der Waals surface area contributed by atoms with Crippen molar-refractivity contribution in [3.8, 4) is 5.69 Å². The average molecular weight is 363 g/mol. The molecule has 7 heteroatoms. The van der Waals surface area contributed by atoms with Crippen LogP contribution in [0.4, 0.5) is 0 Å². The first-order chi connectivity index (χ1) is 11.9. The Kier molecular flexibility index (Phi) is 5.24. The number of hydrogen-bond acceptors (Lipinski definition) is 5. The van der Waals surface area contributed by atoms with E-state index in [0.717, 1.165) is 23.5 Å². The number of aryl methyl sites for hydroxylation is 1. The first-order valence-electron chi connectivity index (χ1n) is 8.63. The van der Waals surface area contributed by atoms with Crippen LogP contribution in [0.2, 0.25) is 0 Å². The SMILES string of the molecule is COCCc1nc([C@H]2CCCS(=O)(=O)C2)n(-c2cccc(C)c2C)n1. The molecule has 25 heavy (non-hydrogen) atoms. The Morgan fingerprint density at radius 1 is 1.32 bits per heavy atom. The van der Waals surface area contributed by atoms with Crippen LogP contribution in [0, 0.1) is 13.8 Å². The van der Waals surface area contributed by atoms with Crippen molar-refractivity contribution < 1.29 is 13.2 Å². The summed E-state index contributed by atoms with van der Waals surface area (Å²) in [6.07, 6.45) is 2.12. The number of ether oxygens (including phenoxy) is 1. The van der Waals surface area contributed by atoms with Gasteiger partial charge in [0, 0.05) is 19.4 Å². The molecule has 0 unspecified atom stereocenters. The summed E-state index contributed by atoms with van der Waals surface area (Å²) in [4.78, 5) is 4.69. The Bertz CT molecular complexity index is 858. The molecule has 0 saturated carbocycles. The van der Waals surface area contributed by atoms with Crippen LogP contribution in [0.25, 0.3) is 5.69 Å². The van der Waals surface area contributed by atoms with Gasteiger partial charge in [-0.05, 0) is 43.9 Å². The second-order valence-corrected chi connectivity index (χ2v) is 8.94. The lowest BCUT2D eigenvalue weighted by atomic mass is 10.0. The van der Waals surface area contributed by atoms with Crippen LogP contribution in [0.15, 0.2) is 18.2 Å². The van der Waals surface area contributed by atoms with Gasteiger partial charge in [-0.25, -0.2) is 18.1 Å². The number of rotatable bonds is 5. The first-order valence-corrected chi connectivity index (χ1v) is 10.4. The molecule has 0 spiro atoms. The normalized spacial score (nSPS) is 19.9. The maximum atomic E-state index is 12.1. The molecule has 0 amide bonds. The van der Waals surface area contributed by atoms with Crippen molar-refractivity contribution in [3.63, 3.8) is 0 Å². The molecule has 2 aromatic rings. The zero-order chi connectivity index (χ0) is 18.0. The summed E-state index contributed by atoms with van der Waals surface area (Å²) in [7, 11) is -1.36. The number of benzene rings is 1. The van der Waals surface area contributed by atoms with E-state index < -0.39 is 9.84 Å². The van der Waals surface area contributed by atoms with Crippen LogP contribution in [-0.2, 0) is 21.0 Å². The molecule has 1 atom stereocenters. The Morgan fingerprint density at radius 3 is 2.84 bits per heavy atom. The van der Waals surface area contributed by atoms with Crippen LogP contribution in [0.3, 0.4) is 0 Å². The van der Waals surface area contributed by atoms with E-state index in [2.05, 4.69) is 25.0 Å². The van der Waals surface area contributed by atoms with E-state index in [1.807, 2.05) is 16.8 Å². The summed E-state index contributed by atoms with van der Waals surface area (Å²) in [6.45, 7) is 4.66. The molecular formula is C18H25N3O3S. The fourth-order valence-electron chi connectivity index (χ4n) is 3.30. The minimum Gasteiger partial charge on any atom is -0.384 e. The molecule has 1 aliphatic rings. The Morgan fingerprint density at radius 2 is 2.12 bits per heavy atom. The van der Waals surface area contributed by atoms with Gasteiger partial charge in [-0.2, -0.15) is 5.10 Å². The van der Waals surface area contributed by atoms with Gasteiger partial charge in [0.15, 0.2) is 15.7 Å². The maximum Gasteiger partial charge on any atom is 0.153 e. The zero-order valence-corrected chi connectivity index (χ0v) is 15.8. The summed E-state index contributed by atoms with van der Waals surface area (Å²) >= 11 is 0. The predicted molar refractivity (Wildman–Crippen MR) is 97.0 cm³/mol. The van der Waals surface area contributed by atoms with Gasteiger partial charge >= 0.3 is 0 Å². The highest BCUT2D eigenvalue weighted by atomic mass is 32.2. The van der Waals surface area contributed by atoms with E-state index in [9.17, 15) is 8.42 Å². The van der Waals surface area contributed by atoms with Crippen LogP contribution in [0.5, 0.6) is 0 Å². The Balaban J connectivity index is 2.06. The third kappa shape index (κ3) is 3.93. The van der Waals surface area contributed by atoms with Gasteiger partial charge in [0.2, 0.25) is 0 Å². The molecule has 6 nitrogen and oxygen atoms in total. The van der Waals surface area contributed by atoms with Crippen molar-refractivity contribution in [3.05, 3.63) is 41.0 Å². The molecule has 0 aliphatic carbocycles. The molecule has 1 aromatic heterocycles. The summed E-state index contributed by atoms with van der Waals surface area (Å²) in [5.41, 5.74) is 3.27. The molecular weight excluding hydrogens is 338 g/mol. The fraction of sp³-hybridized carbons (Fsp3) is 0.556. The highest BCUT2D eigenvalue weighted by molar-refractivity contribution is 7.91. The summed E-state index contributed by atoms with van der Waals surface area (Å²) in [5.74, 6) is 1.77. The van der Waals surface area contributed by atoms with Crippen LogP contribution < -0.4 is 0 Å². The fourth-order valence-corrected chi connectivity index (χ4v) is 5.00. The Hall–Kier alpha value is -1.73. The monoisotopic (exact) mass is 363 g/mol. The van der Waals surface area contributed by atoms with Gasteiger partial charge in [0.25, 0.3) is 0 Å². The second-order valence-electron chi connectivity index (χ2n) is 6.71. The van der Waals surface area contributed by atoms with E-state index in [1.54, 1.807) is 7.11 Å². The van der Waals surface area contributed by atoms with Gasteiger partial charge in [-0.15, -0.1) is 0 Å². The van der Waals surface area contributed by atoms with E-state index in [4.69, 9.17) is 9.72 Å². The van der Waals surface area contributed by atoms with Gasteiger partial charge in [0.1, 0.15) is 5.82 Å². The molecule has 0 radical (unpaired) electrons. The minimum atomic E-state index is -3.01. The third-order valence-corrected chi connectivity index (χ3v) is 6.66. The lowest BCUT2D eigenvalue weighted by molar-refractivity contribution is 0.200. The standard InChI is InChI=1S/C18H25N3O3S/c1-13-6-4-8-16(14(13)2)21-18(19-17(20-21)9-10-24-3)15-7-5-11-25(22,23)12-15/h4,6,8,15H,5,7,9-12H2,1-3H3/t15-/m0/s1. The molecule has 0 N–H and O–H groups in total. The lowest BCUT2D eigenvalue weighted by Gasteiger charge is -2.22. The summed E-state index contributed by atoms with van der Waals surface area (Å²) in [5, 5.41) is 4.67.